The average molecular weight is 263 g/mol. The van der Waals surface area contributed by atoms with Crippen molar-refractivity contribution in [3.63, 3.8) is 0 Å². The van der Waals surface area contributed by atoms with Gasteiger partial charge >= 0.3 is 5.97 Å². The van der Waals surface area contributed by atoms with Gasteiger partial charge in [0.25, 0.3) is 0 Å². The number of carboxylic acids is 1. The number of hydrogen-bond donors (Lipinski definition) is 1. The van der Waals surface area contributed by atoms with Crippen LogP contribution in [0.25, 0.3) is 6.08 Å². The third kappa shape index (κ3) is 7.00. The first-order valence-electron chi connectivity index (χ1n) is 5.89. The summed E-state index contributed by atoms with van der Waals surface area (Å²) >= 11 is 0. The zero-order chi connectivity index (χ0) is 13.9. The van der Waals surface area contributed by atoms with Gasteiger partial charge in [0.2, 0.25) is 0 Å². The van der Waals surface area contributed by atoms with Crippen molar-refractivity contribution in [3.05, 3.63) is 42.0 Å². The number of oxime groups is 1. The zero-order valence-electron chi connectivity index (χ0n) is 10.8. The fraction of sp³-hybridized carbons (Fsp3) is 0.286. The molecular formula is C14H17NO4. The van der Waals surface area contributed by atoms with Gasteiger partial charge in [-0.1, -0.05) is 47.6 Å². The maximum absolute atomic E-state index is 10.4. The molecule has 19 heavy (non-hydrogen) atoms. The normalized spacial score (nSPS) is 11.7. The number of rotatable bonds is 8. The number of ether oxygens (including phenoxy) is 1. The Kier molecular flexibility index (Phi) is 6.97. The summed E-state index contributed by atoms with van der Waals surface area (Å²) in [7, 11) is 0. The van der Waals surface area contributed by atoms with E-state index in [0.29, 0.717) is 13.2 Å². The Hall–Kier alpha value is -2.14. The summed E-state index contributed by atoms with van der Waals surface area (Å²) < 4.78 is 5.27. The maximum atomic E-state index is 10.4. The van der Waals surface area contributed by atoms with Crippen molar-refractivity contribution in [1.82, 2.24) is 0 Å². The summed E-state index contributed by atoms with van der Waals surface area (Å²) in [5.74, 6) is -1.09. The molecule has 0 saturated carbocycles. The largest absolute Gasteiger partial charge is 0.477 e. The van der Waals surface area contributed by atoms with E-state index in [2.05, 4.69) is 5.16 Å². The Morgan fingerprint density at radius 3 is 2.74 bits per heavy atom. The predicted octanol–water partition coefficient (Wildman–Crippen LogP) is 2.19. The summed E-state index contributed by atoms with van der Waals surface area (Å²) in [6, 6.07) is 9.91. The lowest BCUT2D eigenvalue weighted by atomic mass is 10.2. The van der Waals surface area contributed by atoms with E-state index in [4.69, 9.17) is 14.7 Å². The first kappa shape index (κ1) is 14.9. The van der Waals surface area contributed by atoms with Gasteiger partial charge in [-0.05, 0) is 12.5 Å². The van der Waals surface area contributed by atoms with Crippen molar-refractivity contribution >= 4 is 17.8 Å². The molecule has 0 spiro atoms. The van der Waals surface area contributed by atoms with E-state index in [9.17, 15) is 4.79 Å². The number of nitrogens with zero attached hydrogens (tertiary/aromatic N) is 1. The van der Waals surface area contributed by atoms with E-state index in [1.807, 2.05) is 42.5 Å². The fourth-order valence-electron chi connectivity index (χ4n) is 1.18. The van der Waals surface area contributed by atoms with Crippen LogP contribution in [-0.4, -0.2) is 36.6 Å². The molecule has 1 aromatic carbocycles. The van der Waals surface area contributed by atoms with Crippen molar-refractivity contribution in [3.8, 4) is 0 Å². The lowest BCUT2D eigenvalue weighted by Gasteiger charge is -2.00. The van der Waals surface area contributed by atoms with Crippen molar-refractivity contribution in [2.75, 3.05) is 19.8 Å². The van der Waals surface area contributed by atoms with Crippen LogP contribution in [0.1, 0.15) is 12.5 Å². The van der Waals surface area contributed by atoms with Gasteiger partial charge < -0.3 is 14.7 Å². The first-order chi connectivity index (χ1) is 9.20. The van der Waals surface area contributed by atoms with E-state index in [-0.39, 0.29) is 12.3 Å². The zero-order valence-corrected chi connectivity index (χ0v) is 10.8. The van der Waals surface area contributed by atoms with Gasteiger partial charge in [-0.2, -0.15) is 0 Å². The third-order valence-electron chi connectivity index (χ3n) is 2.15. The minimum atomic E-state index is -1.09. The van der Waals surface area contributed by atoms with Crippen LogP contribution in [0.15, 0.2) is 41.6 Å². The molecule has 1 rings (SSSR count). The van der Waals surface area contributed by atoms with Gasteiger partial charge in [0.05, 0.1) is 13.2 Å². The average Bonchev–Trinajstić information content (AvgIpc) is 2.42. The van der Waals surface area contributed by atoms with Crippen LogP contribution in [0.2, 0.25) is 0 Å². The van der Waals surface area contributed by atoms with E-state index < -0.39 is 5.97 Å². The molecule has 102 valence electrons. The molecule has 0 aromatic heterocycles. The molecule has 1 aromatic rings. The lowest BCUT2D eigenvalue weighted by Crippen LogP contribution is -2.10. The second-order valence-electron chi connectivity index (χ2n) is 3.70. The second kappa shape index (κ2) is 8.88. The van der Waals surface area contributed by atoms with Gasteiger partial charge in [-0.25, -0.2) is 4.79 Å². The molecule has 0 unspecified atom stereocenters. The summed E-state index contributed by atoms with van der Waals surface area (Å²) in [6.07, 6.45) is 3.87. The van der Waals surface area contributed by atoms with Crippen LogP contribution in [0.4, 0.5) is 0 Å². The molecule has 0 bridgehead atoms. The van der Waals surface area contributed by atoms with Crippen LogP contribution < -0.4 is 0 Å². The molecule has 0 radical (unpaired) electrons. The molecular weight excluding hydrogens is 246 g/mol. The van der Waals surface area contributed by atoms with Crippen LogP contribution in [0.3, 0.4) is 0 Å². The minimum absolute atomic E-state index is 0.0797. The number of aliphatic carboxylic acids is 1. The van der Waals surface area contributed by atoms with Crippen molar-refractivity contribution in [1.29, 1.82) is 0 Å². The van der Waals surface area contributed by atoms with Crippen molar-refractivity contribution in [2.24, 2.45) is 5.16 Å². The minimum Gasteiger partial charge on any atom is -0.477 e. The fourth-order valence-corrected chi connectivity index (χ4v) is 1.18. The number of hydrogen-bond acceptors (Lipinski definition) is 4. The Labute approximate surface area is 112 Å². The second-order valence-corrected chi connectivity index (χ2v) is 3.70. The molecule has 0 heterocycles. The van der Waals surface area contributed by atoms with Crippen molar-refractivity contribution in [2.45, 2.75) is 6.92 Å². The third-order valence-corrected chi connectivity index (χ3v) is 2.15. The number of carbonyl (C=O) groups is 1. The summed E-state index contributed by atoms with van der Waals surface area (Å²) in [6.45, 7) is 2.42. The summed E-state index contributed by atoms with van der Waals surface area (Å²) in [4.78, 5) is 15.2. The maximum Gasteiger partial charge on any atom is 0.353 e. The van der Waals surface area contributed by atoms with Crippen LogP contribution in [-0.2, 0) is 14.4 Å². The van der Waals surface area contributed by atoms with E-state index in [1.54, 1.807) is 0 Å². The van der Waals surface area contributed by atoms with Crippen molar-refractivity contribution < 1.29 is 19.5 Å². The van der Waals surface area contributed by atoms with Gasteiger partial charge in [0.1, 0.15) is 6.61 Å². The molecule has 0 fully saturated rings. The molecule has 0 amide bonds. The molecule has 0 aliphatic heterocycles. The smallest absolute Gasteiger partial charge is 0.353 e. The lowest BCUT2D eigenvalue weighted by molar-refractivity contribution is -0.129. The number of carboxylic acid groups (broad SMARTS) is 1. The highest BCUT2D eigenvalue weighted by Crippen LogP contribution is 2.00. The number of benzene rings is 1. The monoisotopic (exact) mass is 263 g/mol. The summed E-state index contributed by atoms with van der Waals surface area (Å²) in [5, 5.41) is 11.9. The molecule has 0 aliphatic carbocycles. The molecule has 5 heteroatoms. The summed E-state index contributed by atoms with van der Waals surface area (Å²) in [5.41, 5.74) is 1.04. The predicted molar refractivity (Wildman–Crippen MR) is 73.0 cm³/mol. The van der Waals surface area contributed by atoms with Crippen LogP contribution in [0, 0.1) is 0 Å². The quantitative estimate of drug-likeness (QED) is 0.443. The molecule has 5 nitrogen and oxygen atoms in total. The van der Waals surface area contributed by atoms with Gasteiger partial charge in [0, 0.05) is 0 Å². The highest BCUT2D eigenvalue weighted by Gasteiger charge is 2.00. The Balaban J connectivity index is 2.07. The SMILES string of the molecule is CC(=NOCCOC/C=C/c1ccccc1)C(=O)O. The topological polar surface area (TPSA) is 68.1 Å². The Bertz CT molecular complexity index is 440. The Morgan fingerprint density at radius 1 is 1.32 bits per heavy atom. The van der Waals surface area contributed by atoms with E-state index in [1.165, 1.54) is 6.92 Å². The van der Waals surface area contributed by atoms with E-state index in [0.717, 1.165) is 5.56 Å². The Morgan fingerprint density at radius 2 is 2.05 bits per heavy atom. The molecule has 1 N–H and O–H groups in total. The highest BCUT2D eigenvalue weighted by atomic mass is 16.6. The van der Waals surface area contributed by atoms with Crippen LogP contribution in [0.5, 0.6) is 0 Å². The molecule has 0 saturated heterocycles. The van der Waals surface area contributed by atoms with Gasteiger partial charge in [0.15, 0.2) is 5.71 Å². The van der Waals surface area contributed by atoms with Gasteiger partial charge in [-0.3, -0.25) is 0 Å². The first-order valence-corrected chi connectivity index (χ1v) is 5.89. The molecule has 0 aliphatic rings. The van der Waals surface area contributed by atoms with E-state index >= 15 is 0 Å². The standard InChI is InChI=1S/C14H17NO4/c1-12(14(16)17)15-19-11-10-18-9-5-8-13-6-3-2-4-7-13/h2-8H,9-11H2,1H3,(H,16,17)/b8-5+,15-12?. The molecule has 0 atom stereocenters. The van der Waals surface area contributed by atoms with Crippen LogP contribution >= 0.6 is 0 Å². The van der Waals surface area contributed by atoms with Gasteiger partial charge in [-0.15, -0.1) is 0 Å². The highest BCUT2D eigenvalue weighted by molar-refractivity contribution is 6.34.